The summed E-state index contributed by atoms with van der Waals surface area (Å²) in [5.41, 5.74) is 6.37. The first kappa shape index (κ1) is 12.9. The highest BCUT2D eigenvalue weighted by molar-refractivity contribution is 5.00. The monoisotopic (exact) mass is 253 g/mol. The van der Waals surface area contributed by atoms with Crippen LogP contribution in [0.1, 0.15) is 32.6 Å². The van der Waals surface area contributed by atoms with Gasteiger partial charge in [-0.3, -0.25) is 9.80 Å². The molecule has 0 radical (unpaired) electrons. The van der Waals surface area contributed by atoms with Crippen LogP contribution in [-0.2, 0) is 4.74 Å². The number of nitrogens with two attached hydrogens (primary N) is 1. The Balaban J connectivity index is 1.71. The Morgan fingerprint density at radius 1 is 1.33 bits per heavy atom. The molecule has 0 aromatic carbocycles. The van der Waals surface area contributed by atoms with Crippen LogP contribution < -0.4 is 5.73 Å². The molecule has 0 aromatic rings. The lowest BCUT2D eigenvalue weighted by molar-refractivity contribution is -0.0806. The molecule has 3 saturated heterocycles. The molecule has 0 spiro atoms. The summed E-state index contributed by atoms with van der Waals surface area (Å²) in [5, 5.41) is 0. The fourth-order valence-corrected chi connectivity index (χ4v) is 4.17. The highest BCUT2D eigenvalue weighted by Crippen LogP contribution is 2.33. The zero-order chi connectivity index (χ0) is 12.6. The number of piperazine rings is 1. The van der Waals surface area contributed by atoms with Gasteiger partial charge in [-0.1, -0.05) is 0 Å². The van der Waals surface area contributed by atoms with Gasteiger partial charge in [-0.05, 0) is 39.2 Å². The number of ether oxygens (including phenoxy) is 1. The van der Waals surface area contributed by atoms with E-state index < -0.39 is 0 Å². The number of hydrogen-bond donors (Lipinski definition) is 1. The van der Waals surface area contributed by atoms with Gasteiger partial charge in [0.25, 0.3) is 0 Å². The predicted molar refractivity (Wildman–Crippen MR) is 72.6 cm³/mol. The molecule has 3 aliphatic rings. The molecule has 0 aromatic heterocycles. The molecule has 0 bridgehead atoms. The van der Waals surface area contributed by atoms with E-state index in [0.29, 0.717) is 6.10 Å². The molecule has 3 atom stereocenters. The van der Waals surface area contributed by atoms with Crippen LogP contribution in [-0.4, -0.2) is 66.8 Å². The van der Waals surface area contributed by atoms with E-state index in [-0.39, 0.29) is 5.54 Å². The average molecular weight is 253 g/mol. The first-order valence-corrected chi connectivity index (χ1v) is 7.54. The third kappa shape index (κ3) is 2.20. The molecule has 0 amide bonds. The molecule has 0 aliphatic carbocycles. The van der Waals surface area contributed by atoms with E-state index in [1.165, 1.54) is 39.0 Å². The fourth-order valence-electron chi connectivity index (χ4n) is 4.17. The molecule has 0 saturated carbocycles. The topological polar surface area (TPSA) is 41.7 Å². The molecular formula is C14H27N3O. The van der Waals surface area contributed by atoms with E-state index in [9.17, 15) is 0 Å². The van der Waals surface area contributed by atoms with Gasteiger partial charge in [-0.25, -0.2) is 0 Å². The minimum Gasteiger partial charge on any atom is -0.378 e. The second-order valence-electron chi connectivity index (χ2n) is 6.34. The summed E-state index contributed by atoms with van der Waals surface area (Å²) < 4.78 is 5.72. The van der Waals surface area contributed by atoms with Gasteiger partial charge in [0.05, 0.1) is 6.10 Å². The van der Waals surface area contributed by atoms with Gasteiger partial charge in [0, 0.05) is 44.4 Å². The Morgan fingerprint density at radius 2 is 2.22 bits per heavy atom. The van der Waals surface area contributed by atoms with Crippen molar-refractivity contribution in [3.63, 3.8) is 0 Å². The van der Waals surface area contributed by atoms with Gasteiger partial charge < -0.3 is 10.5 Å². The third-order valence-electron chi connectivity index (χ3n) is 5.28. The standard InChI is InChI=1S/C14H27N3O/c1-12-9-14(11-15,4-8-18-12)17-7-6-16-5-2-3-13(16)10-17/h12-13H,2-11,15H2,1H3. The number of rotatable bonds is 2. The maximum Gasteiger partial charge on any atom is 0.0565 e. The van der Waals surface area contributed by atoms with Crippen molar-refractivity contribution in [3.05, 3.63) is 0 Å². The second kappa shape index (κ2) is 5.08. The second-order valence-corrected chi connectivity index (χ2v) is 6.34. The Labute approximate surface area is 110 Å². The summed E-state index contributed by atoms with van der Waals surface area (Å²) in [6.45, 7) is 8.83. The highest BCUT2D eigenvalue weighted by atomic mass is 16.5. The molecule has 3 aliphatic heterocycles. The van der Waals surface area contributed by atoms with Crippen LogP contribution >= 0.6 is 0 Å². The quantitative estimate of drug-likeness (QED) is 0.785. The molecule has 3 rings (SSSR count). The number of nitrogens with zero attached hydrogens (tertiary/aromatic N) is 2. The van der Waals surface area contributed by atoms with Crippen LogP contribution in [0.2, 0.25) is 0 Å². The van der Waals surface area contributed by atoms with Crippen LogP contribution in [0.25, 0.3) is 0 Å². The summed E-state index contributed by atoms with van der Waals surface area (Å²) in [6, 6.07) is 0.792. The van der Waals surface area contributed by atoms with Crippen LogP contribution in [0, 0.1) is 0 Å². The highest BCUT2D eigenvalue weighted by Gasteiger charge is 2.43. The van der Waals surface area contributed by atoms with Crippen molar-refractivity contribution in [2.75, 3.05) is 39.3 Å². The van der Waals surface area contributed by atoms with Crippen LogP contribution in [0.15, 0.2) is 0 Å². The van der Waals surface area contributed by atoms with Gasteiger partial charge in [-0.2, -0.15) is 0 Å². The lowest BCUT2D eigenvalue weighted by Gasteiger charge is -2.51. The van der Waals surface area contributed by atoms with Crippen LogP contribution in [0.5, 0.6) is 0 Å². The van der Waals surface area contributed by atoms with Gasteiger partial charge in [0.1, 0.15) is 0 Å². The minimum absolute atomic E-state index is 0.215. The van der Waals surface area contributed by atoms with Gasteiger partial charge in [0.15, 0.2) is 0 Å². The maximum atomic E-state index is 6.16. The molecule has 4 nitrogen and oxygen atoms in total. The summed E-state index contributed by atoms with van der Waals surface area (Å²) >= 11 is 0. The molecule has 18 heavy (non-hydrogen) atoms. The van der Waals surface area contributed by atoms with E-state index in [2.05, 4.69) is 16.7 Å². The van der Waals surface area contributed by atoms with E-state index in [1.807, 2.05) is 0 Å². The smallest absolute Gasteiger partial charge is 0.0565 e. The summed E-state index contributed by atoms with van der Waals surface area (Å²) in [6.07, 6.45) is 5.34. The van der Waals surface area contributed by atoms with Crippen LogP contribution in [0.4, 0.5) is 0 Å². The molecular weight excluding hydrogens is 226 g/mol. The lowest BCUT2D eigenvalue weighted by Crippen LogP contribution is -2.64. The third-order valence-corrected chi connectivity index (χ3v) is 5.28. The molecule has 2 N–H and O–H groups in total. The SMILES string of the molecule is CC1CC(CN)(N2CCN3CCCC3C2)CCO1. The predicted octanol–water partition coefficient (Wildman–Crippen LogP) is 0.663. The van der Waals surface area contributed by atoms with Crippen molar-refractivity contribution in [2.45, 2.75) is 50.3 Å². The van der Waals surface area contributed by atoms with Crippen LogP contribution in [0.3, 0.4) is 0 Å². The Bertz CT molecular complexity index is 299. The van der Waals surface area contributed by atoms with Crippen molar-refractivity contribution in [1.29, 1.82) is 0 Å². The first-order chi connectivity index (χ1) is 8.73. The van der Waals surface area contributed by atoms with Gasteiger partial charge >= 0.3 is 0 Å². The number of fused-ring (bicyclic) bond motifs is 1. The van der Waals surface area contributed by atoms with E-state index in [1.54, 1.807) is 0 Å². The maximum absolute atomic E-state index is 6.16. The van der Waals surface area contributed by atoms with E-state index >= 15 is 0 Å². The Morgan fingerprint density at radius 3 is 3.00 bits per heavy atom. The lowest BCUT2D eigenvalue weighted by atomic mass is 9.84. The van der Waals surface area contributed by atoms with Gasteiger partial charge in [0.2, 0.25) is 0 Å². The fraction of sp³-hybridized carbons (Fsp3) is 1.00. The first-order valence-electron chi connectivity index (χ1n) is 7.54. The van der Waals surface area contributed by atoms with Crippen molar-refractivity contribution in [1.82, 2.24) is 9.80 Å². The number of hydrogen-bond acceptors (Lipinski definition) is 4. The zero-order valence-electron chi connectivity index (χ0n) is 11.6. The molecule has 3 fully saturated rings. The summed E-state index contributed by atoms with van der Waals surface area (Å²) in [7, 11) is 0. The zero-order valence-corrected chi connectivity index (χ0v) is 11.6. The van der Waals surface area contributed by atoms with Crippen molar-refractivity contribution < 1.29 is 4.74 Å². The largest absolute Gasteiger partial charge is 0.378 e. The molecule has 3 heterocycles. The van der Waals surface area contributed by atoms with E-state index in [4.69, 9.17) is 10.5 Å². The Hall–Kier alpha value is -0.160. The summed E-state index contributed by atoms with van der Waals surface area (Å²) in [5.74, 6) is 0. The summed E-state index contributed by atoms with van der Waals surface area (Å²) in [4.78, 5) is 5.36. The average Bonchev–Trinajstić information content (AvgIpc) is 2.85. The van der Waals surface area contributed by atoms with E-state index in [0.717, 1.165) is 32.0 Å². The molecule has 104 valence electrons. The van der Waals surface area contributed by atoms with Crippen molar-refractivity contribution in [3.8, 4) is 0 Å². The normalized spacial score (nSPS) is 43.0. The van der Waals surface area contributed by atoms with Crippen molar-refractivity contribution >= 4 is 0 Å². The molecule has 3 unspecified atom stereocenters. The Kier molecular flexibility index (Phi) is 3.63. The van der Waals surface area contributed by atoms with Gasteiger partial charge in [-0.15, -0.1) is 0 Å². The van der Waals surface area contributed by atoms with Crippen molar-refractivity contribution in [2.24, 2.45) is 5.73 Å². The minimum atomic E-state index is 0.215. The molecule has 4 heteroatoms.